The molecule has 3 aliphatic heterocycles. The van der Waals surface area contributed by atoms with Crippen LogP contribution >= 0.6 is 23.5 Å². The molecule has 0 radical (unpaired) electrons. The molecule has 0 spiro atoms. The fourth-order valence-corrected chi connectivity index (χ4v) is 15.0. The van der Waals surface area contributed by atoms with E-state index in [0.717, 1.165) is 0 Å². The van der Waals surface area contributed by atoms with Crippen molar-refractivity contribution in [2.45, 2.75) is 170 Å². The number of nitrogens with zero attached hydrogens (tertiary/aromatic N) is 2. The minimum Gasteiger partial charge on any atom is -0.497 e. The number of halogens is 3. The summed E-state index contributed by atoms with van der Waals surface area (Å²) in [5, 5.41) is 20.4. The van der Waals surface area contributed by atoms with Crippen molar-refractivity contribution in [3.63, 3.8) is 0 Å². The molecular weight excluding hydrogens is 1340 g/mol. The Morgan fingerprint density at radius 1 is 0.663 bits per heavy atom. The van der Waals surface area contributed by atoms with Gasteiger partial charge in [0.2, 0.25) is 59.1 Å². The van der Waals surface area contributed by atoms with E-state index in [-0.39, 0.29) is 75.3 Å². The molecule has 13 N–H and O–H groups in total. The van der Waals surface area contributed by atoms with Crippen molar-refractivity contribution in [3.05, 3.63) is 137 Å². The van der Waals surface area contributed by atoms with Crippen LogP contribution in [-0.2, 0) is 78.7 Å². The zero-order valence-electron chi connectivity index (χ0n) is 57.3. The van der Waals surface area contributed by atoms with Crippen molar-refractivity contribution < 1.29 is 65.9 Å². The lowest BCUT2D eigenvalue weighted by Crippen LogP contribution is -2.63. The maximum Gasteiger partial charge on any atom is 0.246 e. The zero-order chi connectivity index (χ0) is 72.7. The number of rotatable bonds is 14. The number of nitrogens with one attached hydrogen (secondary N) is 9. The lowest BCUT2D eigenvalue weighted by molar-refractivity contribution is -0.147. The van der Waals surface area contributed by atoms with Crippen LogP contribution in [0.4, 0.5) is 13.2 Å². The Kier molecular flexibility index (Phi) is 26.4. The standard InChI is InChI=1S/C72H90F3N13O11S2/c1-6-40(2)62-68(95)84-57(30-42-13-17-50(99-5)18-14-42)70(97)88-25-10-22-72(88,4)71(98)85-59(63(77)90)39-101-38-44-27-43(28-49(75)29-44)37-100-26-21-61(89)81-55(11-7-8-23-76)65(92)80-41(3)64(91)82-56(31-45-35-78-53-19-15-47(73)33-51(45)53)66(93)83-58(69(96)87-24-9-12-60(87)67(94)86-62)32-46-36-79-54-20-16-48(74)34-52(46)54/h13-20,27-29,33-36,40-41,55-60,62,78-79H,6-12,21-26,30-32,37-39,76H2,1-5H3,(H2,77,90)(H,80,92)(H,81,89)(H,82,91)(H,83,93)(H,84,95)(H,85,98)(H,86,94)/t40-,41+,55-,56-,57-,58-,59-,60-,62-,72-/m0/s1. The molecule has 6 aromatic rings. The van der Waals surface area contributed by atoms with Crippen molar-refractivity contribution in [2.24, 2.45) is 17.4 Å². The Hall–Kier alpha value is -9.09. The van der Waals surface area contributed by atoms with Crippen LogP contribution in [0.5, 0.6) is 5.75 Å². The average molecular weight is 1430 g/mol. The van der Waals surface area contributed by atoms with Crippen LogP contribution < -0.4 is 53.4 Å². The first kappa shape index (κ1) is 76.1. The van der Waals surface area contributed by atoms with Gasteiger partial charge in [0.1, 0.15) is 77.1 Å². The van der Waals surface area contributed by atoms with Gasteiger partial charge in [-0.3, -0.25) is 47.9 Å². The van der Waals surface area contributed by atoms with Crippen LogP contribution in [0.15, 0.2) is 91.3 Å². The van der Waals surface area contributed by atoms with Gasteiger partial charge >= 0.3 is 0 Å². The SMILES string of the molecule is CC[C@H](C)[C@@H]1NC(=O)[C@@H]2CCCN2C(=O)[C@H](Cc2c[nH]c3ccc(F)cc23)NC(=O)[C@H](Cc2c[nH]c3ccc(F)cc23)NC(=O)[C@@H](C)NC(=O)[C@H](CCCCN)NC(=O)CCSCc2cc(F)cc(c2)CSC[C@@H](C(N)=O)NC(=O)[C@]2(C)CCCN2C(=O)[C@H](Cc2ccc(OC)cc2)NC1=O. The number of carbonyl (C=O) groups is 10. The molecule has 10 atom stereocenters. The van der Waals surface area contributed by atoms with E-state index in [0.29, 0.717) is 99.8 Å². The summed E-state index contributed by atoms with van der Waals surface area (Å²) in [4.78, 5) is 155. The van der Waals surface area contributed by atoms with Crippen molar-refractivity contribution in [3.8, 4) is 5.75 Å². The second-order valence-electron chi connectivity index (χ2n) is 26.4. The molecule has 10 amide bonds. The van der Waals surface area contributed by atoms with Gasteiger partial charge in [-0.1, -0.05) is 38.5 Å². The van der Waals surface area contributed by atoms with E-state index in [1.807, 2.05) is 6.92 Å². The van der Waals surface area contributed by atoms with Gasteiger partial charge in [0.05, 0.1) is 7.11 Å². The molecule has 29 heteroatoms. The number of methoxy groups -OCH3 is 1. The van der Waals surface area contributed by atoms with Crippen molar-refractivity contribution in [1.82, 2.24) is 57.0 Å². The van der Waals surface area contributed by atoms with E-state index >= 15 is 32.8 Å². The highest BCUT2D eigenvalue weighted by atomic mass is 32.2. The highest BCUT2D eigenvalue weighted by Crippen LogP contribution is 2.32. The van der Waals surface area contributed by atoms with Gasteiger partial charge in [-0.2, -0.15) is 23.5 Å². The highest BCUT2D eigenvalue weighted by Gasteiger charge is 2.49. The smallest absolute Gasteiger partial charge is 0.246 e. The number of hydrogen-bond acceptors (Lipinski definition) is 14. The van der Waals surface area contributed by atoms with Crippen LogP contribution in [0.3, 0.4) is 0 Å². The van der Waals surface area contributed by atoms with Gasteiger partial charge in [-0.25, -0.2) is 13.2 Å². The third-order valence-corrected chi connectivity index (χ3v) is 21.2. The number of thioether (sulfide) groups is 2. The van der Waals surface area contributed by atoms with Crippen LogP contribution in [0.2, 0.25) is 0 Å². The summed E-state index contributed by atoms with van der Waals surface area (Å²) < 4.78 is 50.6. The highest BCUT2D eigenvalue weighted by molar-refractivity contribution is 7.98. The Balaban J connectivity index is 1.06. The van der Waals surface area contributed by atoms with E-state index in [1.165, 1.54) is 95.9 Å². The Labute approximate surface area is 592 Å². The normalized spacial score (nSPS) is 24.5. The molecule has 101 heavy (non-hydrogen) atoms. The van der Waals surface area contributed by atoms with E-state index in [4.69, 9.17) is 16.2 Å². The number of hydrogen-bond donors (Lipinski definition) is 11. The third kappa shape index (κ3) is 19.5. The Bertz CT molecular complexity index is 4010. The van der Waals surface area contributed by atoms with E-state index in [1.54, 1.807) is 56.6 Å². The molecule has 2 bridgehead atoms. The van der Waals surface area contributed by atoms with Gasteiger partial charge in [0, 0.05) is 96.0 Å². The maximum absolute atomic E-state index is 15.5. The minimum absolute atomic E-state index is 0.00604. The topological polar surface area (TPSA) is 354 Å². The number of primary amides is 1. The molecule has 9 rings (SSSR count). The number of nitrogens with two attached hydrogens (primary N) is 2. The average Bonchev–Trinajstić information content (AvgIpc) is 1.68. The summed E-state index contributed by atoms with van der Waals surface area (Å²) in [7, 11) is 1.50. The van der Waals surface area contributed by atoms with Gasteiger partial charge in [-0.15, -0.1) is 0 Å². The fourth-order valence-electron chi connectivity index (χ4n) is 13.2. The molecular formula is C72H90F3N13O11S2. The number of H-pyrrole nitrogens is 2. The molecule has 0 aliphatic carbocycles. The lowest BCUT2D eigenvalue weighted by atomic mass is 9.94. The molecule has 2 fully saturated rings. The summed E-state index contributed by atoms with van der Waals surface area (Å²) in [6.45, 7) is 6.89. The summed E-state index contributed by atoms with van der Waals surface area (Å²) in [6.07, 6.45) is 4.77. The molecule has 4 aromatic carbocycles. The zero-order valence-corrected chi connectivity index (χ0v) is 58.9. The molecule has 2 saturated heterocycles. The Morgan fingerprint density at radius 2 is 1.28 bits per heavy atom. The van der Waals surface area contributed by atoms with E-state index in [2.05, 4.69) is 47.2 Å². The second kappa shape index (κ2) is 35.0. The molecule has 3 aliphatic rings. The molecule has 0 unspecified atom stereocenters. The van der Waals surface area contributed by atoms with Crippen molar-refractivity contribution >= 4 is 104 Å². The van der Waals surface area contributed by atoms with Gasteiger partial charge < -0.3 is 73.2 Å². The van der Waals surface area contributed by atoms with E-state index in [9.17, 15) is 28.4 Å². The van der Waals surface area contributed by atoms with Crippen LogP contribution in [0.25, 0.3) is 21.8 Å². The first-order valence-electron chi connectivity index (χ1n) is 34.2. The lowest BCUT2D eigenvalue weighted by Gasteiger charge is -2.37. The van der Waals surface area contributed by atoms with E-state index < -0.39 is 136 Å². The number of benzene rings is 4. The van der Waals surface area contributed by atoms with Crippen LogP contribution in [0, 0.1) is 23.4 Å². The molecule has 542 valence electrons. The van der Waals surface area contributed by atoms with Gasteiger partial charge in [0.15, 0.2) is 0 Å². The largest absolute Gasteiger partial charge is 0.497 e. The number of ether oxygens (including phenoxy) is 1. The van der Waals surface area contributed by atoms with Gasteiger partial charge in [-0.05, 0) is 160 Å². The maximum atomic E-state index is 15.5. The van der Waals surface area contributed by atoms with Crippen LogP contribution in [-0.4, -0.2) is 171 Å². The fraction of sp³-hybridized carbons (Fsp3) is 0.472. The summed E-state index contributed by atoms with van der Waals surface area (Å²) in [6, 6.07) is 8.67. The number of aromatic nitrogens is 2. The van der Waals surface area contributed by atoms with Crippen molar-refractivity contribution in [1.29, 1.82) is 0 Å². The number of aromatic amines is 2. The van der Waals surface area contributed by atoms with Gasteiger partial charge in [0.25, 0.3) is 0 Å². The Morgan fingerprint density at radius 3 is 1.91 bits per heavy atom. The molecule has 0 saturated carbocycles. The number of fused-ring (bicyclic) bond motifs is 6. The predicted octanol–water partition coefficient (Wildman–Crippen LogP) is 5.12. The number of unbranched alkanes of at least 4 members (excludes halogenated alkanes) is 1. The molecule has 2 aromatic heterocycles. The number of carbonyl (C=O) groups excluding carboxylic acids is 10. The quantitative estimate of drug-likeness (QED) is 0.0631. The van der Waals surface area contributed by atoms with Crippen LogP contribution in [0.1, 0.15) is 113 Å². The first-order chi connectivity index (χ1) is 48.4. The first-order valence-corrected chi connectivity index (χ1v) is 36.5. The third-order valence-electron chi connectivity index (χ3n) is 19.1. The summed E-state index contributed by atoms with van der Waals surface area (Å²) in [5.74, 6) is -8.39. The molecule has 24 nitrogen and oxygen atoms in total. The summed E-state index contributed by atoms with van der Waals surface area (Å²) >= 11 is 2.56. The second-order valence-corrected chi connectivity index (χ2v) is 28.6. The molecule has 5 heterocycles. The predicted molar refractivity (Wildman–Crippen MR) is 379 cm³/mol. The van der Waals surface area contributed by atoms with Crippen molar-refractivity contribution in [2.75, 3.05) is 38.2 Å². The number of amides is 10. The summed E-state index contributed by atoms with van der Waals surface area (Å²) in [5.41, 5.74) is 13.7. The minimum atomic E-state index is -1.56. The monoisotopic (exact) mass is 1430 g/mol.